The maximum atomic E-state index is 12.5. The SMILES string of the molecule is COc1ccccc1OCC(=O)N1CCC(NC(=O)CCc2ccc(C)cc2)CC1. The van der Waals surface area contributed by atoms with E-state index in [2.05, 4.69) is 36.5 Å². The van der Waals surface area contributed by atoms with Crippen molar-refractivity contribution in [2.75, 3.05) is 26.8 Å². The van der Waals surface area contributed by atoms with Gasteiger partial charge in [-0.05, 0) is 43.9 Å². The molecule has 2 aromatic rings. The van der Waals surface area contributed by atoms with E-state index in [1.807, 2.05) is 12.1 Å². The van der Waals surface area contributed by atoms with Crippen LogP contribution in [0.15, 0.2) is 48.5 Å². The average molecular weight is 411 g/mol. The molecule has 0 aliphatic carbocycles. The average Bonchev–Trinajstić information content (AvgIpc) is 2.77. The van der Waals surface area contributed by atoms with Gasteiger partial charge in [-0.1, -0.05) is 42.0 Å². The van der Waals surface area contributed by atoms with E-state index in [1.54, 1.807) is 24.1 Å². The van der Waals surface area contributed by atoms with Gasteiger partial charge in [-0.15, -0.1) is 0 Å². The highest BCUT2D eigenvalue weighted by molar-refractivity contribution is 5.78. The van der Waals surface area contributed by atoms with Crippen molar-refractivity contribution < 1.29 is 19.1 Å². The van der Waals surface area contributed by atoms with Gasteiger partial charge < -0.3 is 19.7 Å². The number of benzene rings is 2. The topological polar surface area (TPSA) is 67.9 Å². The van der Waals surface area contributed by atoms with Gasteiger partial charge in [-0.3, -0.25) is 9.59 Å². The van der Waals surface area contributed by atoms with Crippen LogP contribution in [-0.2, 0) is 16.0 Å². The molecular weight excluding hydrogens is 380 g/mol. The number of carbonyl (C=O) groups is 2. The van der Waals surface area contributed by atoms with E-state index < -0.39 is 0 Å². The Bertz CT molecular complexity index is 843. The predicted octanol–water partition coefficient (Wildman–Crippen LogP) is 3.12. The fourth-order valence-electron chi connectivity index (χ4n) is 3.55. The normalized spacial score (nSPS) is 14.3. The van der Waals surface area contributed by atoms with Gasteiger partial charge in [0.2, 0.25) is 5.91 Å². The highest BCUT2D eigenvalue weighted by atomic mass is 16.5. The molecule has 3 rings (SSSR count). The van der Waals surface area contributed by atoms with E-state index in [4.69, 9.17) is 9.47 Å². The van der Waals surface area contributed by atoms with E-state index >= 15 is 0 Å². The van der Waals surface area contributed by atoms with Gasteiger partial charge in [-0.2, -0.15) is 0 Å². The van der Waals surface area contributed by atoms with E-state index in [1.165, 1.54) is 11.1 Å². The van der Waals surface area contributed by atoms with Crippen LogP contribution in [0.2, 0.25) is 0 Å². The summed E-state index contributed by atoms with van der Waals surface area (Å²) in [7, 11) is 1.57. The molecule has 0 unspecified atom stereocenters. The Labute approximate surface area is 178 Å². The molecule has 1 aliphatic heterocycles. The standard InChI is InChI=1S/C24H30N2O4/c1-18-7-9-19(10-8-18)11-12-23(27)25-20-13-15-26(16-14-20)24(28)17-30-22-6-4-3-5-21(22)29-2/h3-10,20H,11-17H2,1-2H3,(H,25,27). The van der Waals surface area contributed by atoms with Crippen molar-refractivity contribution in [1.82, 2.24) is 10.2 Å². The Kier molecular flexibility index (Phi) is 7.71. The number of rotatable bonds is 8. The monoisotopic (exact) mass is 410 g/mol. The number of amides is 2. The summed E-state index contributed by atoms with van der Waals surface area (Å²) < 4.78 is 10.9. The summed E-state index contributed by atoms with van der Waals surface area (Å²) in [6.45, 7) is 3.28. The maximum Gasteiger partial charge on any atom is 0.260 e. The Hall–Kier alpha value is -3.02. The summed E-state index contributed by atoms with van der Waals surface area (Å²) in [4.78, 5) is 26.5. The van der Waals surface area contributed by atoms with Crippen LogP contribution in [0.25, 0.3) is 0 Å². The van der Waals surface area contributed by atoms with E-state index in [0.717, 1.165) is 19.3 Å². The number of aryl methyl sites for hydroxylation is 2. The van der Waals surface area contributed by atoms with Crippen LogP contribution in [0.4, 0.5) is 0 Å². The van der Waals surface area contributed by atoms with Gasteiger partial charge in [0.05, 0.1) is 7.11 Å². The largest absolute Gasteiger partial charge is 0.493 e. The van der Waals surface area contributed by atoms with E-state index in [-0.39, 0.29) is 24.5 Å². The summed E-state index contributed by atoms with van der Waals surface area (Å²) in [6, 6.07) is 15.7. The second-order valence-corrected chi connectivity index (χ2v) is 7.65. The first-order valence-corrected chi connectivity index (χ1v) is 10.4. The number of likely N-dealkylation sites (tertiary alicyclic amines) is 1. The molecule has 30 heavy (non-hydrogen) atoms. The first-order chi connectivity index (χ1) is 14.5. The molecule has 0 atom stereocenters. The van der Waals surface area contributed by atoms with Gasteiger partial charge in [0.1, 0.15) is 0 Å². The fourth-order valence-corrected chi connectivity index (χ4v) is 3.55. The van der Waals surface area contributed by atoms with Gasteiger partial charge in [0.25, 0.3) is 5.91 Å². The molecule has 2 aromatic carbocycles. The lowest BCUT2D eigenvalue weighted by molar-refractivity contribution is -0.134. The molecule has 160 valence electrons. The highest BCUT2D eigenvalue weighted by Crippen LogP contribution is 2.25. The van der Waals surface area contributed by atoms with Crippen LogP contribution in [0.1, 0.15) is 30.4 Å². The van der Waals surface area contributed by atoms with Crippen molar-refractivity contribution in [2.24, 2.45) is 0 Å². The van der Waals surface area contributed by atoms with Crippen LogP contribution in [0.3, 0.4) is 0 Å². The second-order valence-electron chi connectivity index (χ2n) is 7.65. The highest BCUT2D eigenvalue weighted by Gasteiger charge is 2.24. The van der Waals surface area contributed by atoms with Crippen molar-refractivity contribution >= 4 is 11.8 Å². The fraction of sp³-hybridized carbons (Fsp3) is 0.417. The van der Waals surface area contributed by atoms with Crippen molar-refractivity contribution in [3.8, 4) is 11.5 Å². The van der Waals surface area contributed by atoms with Gasteiger partial charge in [0, 0.05) is 25.6 Å². The lowest BCUT2D eigenvalue weighted by Crippen LogP contribution is -2.47. The Morgan fingerprint density at radius 2 is 1.70 bits per heavy atom. The zero-order chi connectivity index (χ0) is 21.3. The number of carbonyl (C=O) groups excluding carboxylic acids is 2. The smallest absolute Gasteiger partial charge is 0.260 e. The number of methoxy groups -OCH3 is 1. The Balaban J connectivity index is 1.37. The molecule has 1 N–H and O–H groups in total. The number of para-hydroxylation sites is 2. The predicted molar refractivity (Wildman–Crippen MR) is 116 cm³/mol. The summed E-state index contributed by atoms with van der Waals surface area (Å²) >= 11 is 0. The number of hydrogen-bond acceptors (Lipinski definition) is 4. The van der Waals surface area contributed by atoms with Crippen molar-refractivity contribution in [2.45, 2.75) is 38.6 Å². The molecule has 1 aliphatic rings. The third-order valence-electron chi connectivity index (χ3n) is 5.39. The Morgan fingerprint density at radius 1 is 1.03 bits per heavy atom. The lowest BCUT2D eigenvalue weighted by atomic mass is 10.0. The van der Waals surface area contributed by atoms with Crippen LogP contribution < -0.4 is 14.8 Å². The molecule has 0 saturated carbocycles. The molecule has 0 spiro atoms. The van der Waals surface area contributed by atoms with Crippen molar-refractivity contribution in [1.29, 1.82) is 0 Å². The number of piperidine rings is 1. The summed E-state index contributed by atoms with van der Waals surface area (Å²) in [5, 5.41) is 3.11. The molecule has 0 aromatic heterocycles. The molecule has 1 saturated heterocycles. The summed E-state index contributed by atoms with van der Waals surface area (Å²) in [6.07, 6.45) is 2.74. The minimum absolute atomic E-state index is 0.0199. The zero-order valence-corrected chi connectivity index (χ0v) is 17.7. The van der Waals surface area contributed by atoms with E-state index in [9.17, 15) is 9.59 Å². The molecular formula is C24H30N2O4. The third-order valence-corrected chi connectivity index (χ3v) is 5.39. The number of ether oxygens (including phenoxy) is 2. The van der Waals surface area contributed by atoms with Crippen LogP contribution in [0.5, 0.6) is 11.5 Å². The number of nitrogens with one attached hydrogen (secondary N) is 1. The van der Waals surface area contributed by atoms with Crippen LogP contribution >= 0.6 is 0 Å². The molecule has 6 nitrogen and oxygen atoms in total. The molecule has 6 heteroatoms. The van der Waals surface area contributed by atoms with Crippen LogP contribution in [0, 0.1) is 6.92 Å². The zero-order valence-electron chi connectivity index (χ0n) is 17.7. The molecule has 2 amide bonds. The minimum Gasteiger partial charge on any atom is -0.493 e. The summed E-state index contributed by atoms with van der Waals surface area (Å²) in [5.74, 6) is 1.19. The first kappa shape index (κ1) is 21.7. The summed E-state index contributed by atoms with van der Waals surface area (Å²) in [5.41, 5.74) is 2.39. The van der Waals surface area contributed by atoms with Crippen molar-refractivity contribution in [3.63, 3.8) is 0 Å². The van der Waals surface area contributed by atoms with Crippen molar-refractivity contribution in [3.05, 3.63) is 59.7 Å². The molecule has 0 radical (unpaired) electrons. The number of nitrogens with zero attached hydrogens (tertiary/aromatic N) is 1. The molecule has 0 bridgehead atoms. The van der Waals surface area contributed by atoms with E-state index in [0.29, 0.717) is 31.0 Å². The number of hydrogen-bond donors (Lipinski definition) is 1. The second kappa shape index (κ2) is 10.7. The minimum atomic E-state index is -0.0509. The van der Waals surface area contributed by atoms with Gasteiger partial charge in [-0.25, -0.2) is 0 Å². The van der Waals surface area contributed by atoms with Gasteiger partial charge >= 0.3 is 0 Å². The first-order valence-electron chi connectivity index (χ1n) is 10.4. The lowest BCUT2D eigenvalue weighted by Gasteiger charge is -2.32. The molecule has 1 heterocycles. The quantitative estimate of drug-likeness (QED) is 0.726. The maximum absolute atomic E-state index is 12.5. The molecule has 1 fully saturated rings. The Morgan fingerprint density at radius 3 is 2.37 bits per heavy atom. The van der Waals surface area contributed by atoms with Crippen LogP contribution in [-0.4, -0.2) is 49.6 Å². The third kappa shape index (κ3) is 6.24. The van der Waals surface area contributed by atoms with Gasteiger partial charge in [0.15, 0.2) is 18.1 Å².